The van der Waals surface area contributed by atoms with Gasteiger partial charge < -0.3 is 25.6 Å². The van der Waals surface area contributed by atoms with Gasteiger partial charge in [0.05, 0.1) is 33.8 Å². The molecule has 6 atom stereocenters. The number of alkyl halides is 5. The van der Waals surface area contributed by atoms with Gasteiger partial charge in [-0.1, -0.05) is 25.4 Å². The van der Waals surface area contributed by atoms with Crippen molar-refractivity contribution >= 4 is 34.1 Å². The van der Waals surface area contributed by atoms with Crippen LogP contribution in [0.5, 0.6) is 6.01 Å². The van der Waals surface area contributed by atoms with Gasteiger partial charge >= 0.3 is 12.2 Å². The highest BCUT2D eigenvalue weighted by atomic mass is 35.5. The van der Waals surface area contributed by atoms with E-state index >= 15 is 4.39 Å². The van der Waals surface area contributed by atoms with Crippen LogP contribution < -0.4 is 20.7 Å². The molecule has 3 aromatic rings. The van der Waals surface area contributed by atoms with Crippen molar-refractivity contribution in [2.24, 2.45) is 11.3 Å². The van der Waals surface area contributed by atoms with Crippen molar-refractivity contribution in [3.63, 3.8) is 0 Å². The summed E-state index contributed by atoms with van der Waals surface area (Å²) in [5, 5.41) is 3.75. The molecule has 4 aliphatic heterocycles. The van der Waals surface area contributed by atoms with E-state index in [1.165, 1.54) is 6.92 Å². The van der Waals surface area contributed by atoms with Crippen LogP contribution in [0.1, 0.15) is 62.1 Å². The Balaban J connectivity index is 1.46. The van der Waals surface area contributed by atoms with Gasteiger partial charge in [0, 0.05) is 42.5 Å². The number of aromatic nitrogens is 3. The fourth-order valence-corrected chi connectivity index (χ4v) is 9.16. The van der Waals surface area contributed by atoms with Crippen molar-refractivity contribution in [2.45, 2.75) is 83.1 Å². The van der Waals surface area contributed by atoms with Gasteiger partial charge in [0.25, 0.3) is 0 Å². The normalized spacial score (nSPS) is 29.0. The number of fused-ring (bicyclic) bond motifs is 5. The lowest BCUT2D eigenvalue weighted by Crippen LogP contribution is -2.58. The number of rotatable bonds is 5. The summed E-state index contributed by atoms with van der Waals surface area (Å²) in [6.45, 7) is 6.11. The van der Waals surface area contributed by atoms with E-state index in [9.17, 15) is 22.0 Å². The zero-order valence-electron chi connectivity index (χ0n) is 27.1. The van der Waals surface area contributed by atoms with E-state index in [-0.39, 0.29) is 65.0 Å². The summed E-state index contributed by atoms with van der Waals surface area (Å²) in [7, 11) is 1.85. The third-order valence-electron chi connectivity index (χ3n) is 10.9. The minimum atomic E-state index is -4.90. The molecule has 3 fully saturated rings. The van der Waals surface area contributed by atoms with Crippen LogP contribution >= 0.6 is 11.6 Å². The monoisotopic (exact) mass is 697 g/mol. The number of pyridine rings is 1. The van der Waals surface area contributed by atoms with Crippen molar-refractivity contribution < 1.29 is 31.1 Å². The standard InChI is InChI=1S/C33H38ClF6N7O/c1-14-9-19-18-6-5-16(42-18)11-47(19)30-22-21(14)25(34)23(27-24(33(38,39)40)15(2)10-20(41)43-27)26(35)28(22)44-31(45-30)48-13-32(3)12-46(4)8-7-17(32)29(36)37/h10,14,16-19,29,42H,5-9,11-13H2,1-4H3,(H2,41,43)/t14?,16-,17?,18+,19-,32?/m1/s1. The number of piperidine rings is 1. The Morgan fingerprint density at radius 3 is 2.65 bits per heavy atom. The zero-order chi connectivity index (χ0) is 34.4. The molecule has 1 aromatic carbocycles. The molecule has 0 saturated carbocycles. The molecule has 0 radical (unpaired) electrons. The molecular weight excluding hydrogens is 660 g/mol. The van der Waals surface area contributed by atoms with E-state index in [0.29, 0.717) is 42.8 Å². The second-order valence-corrected chi connectivity index (χ2v) is 14.7. The van der Waals surface area contributed by atoms with Crippen LogP contribution in [-0.2, 0) is 6.18 Å². The van der Waals surface area contributed by atoms with Crippen molar-refractivity contribution in [1.82, 2.24) is 25.2 Å². The lowest BCUT2D eigenvalue weighted by molar-refractivity contribution is -0.137. The number of benzene rings is 1. The number of halogens is 7. The Morgan fingerprint density at radius 2 is 1.94 bits per heavy atom. The number of nitrogens with two attached hydrogens (primary N) is 1. The number of anilines is 2. The van der Waals surface area contributed by atoms with Gasteiger partial charge in [-0.05, 0) is 69.3 Å². The molecule has 260 valence electrons. The molecule has 2 aromatic heterocycles. The number of ether oxygens (including phenoxy) is 1. The molecule has 3 saturated heterocycles. The number of likely N-dealkylation sites (tertiary alicyclic amines) is 1. The van der Waals surface area contributed by atoms with Crippen molar-refractivity contribution in [3.8, 4) is 17.3 Å². The Hall–Kier alpha value is -3.10. The first-order valence-corrected chi connectivity index (χ1v) is 16.6. The predicted molar refractivity (Wildman–Crippen MR) is 171 cm³/mol. The van der Waals surface area contributed by atoms with Gasteiger partial charge in [0.1, 0.15) is 17.2 Å². The van der Waals surface area contributed by atoms with E-state index in [0.717, 1.165) is 18.9 Å². The van der Waals surface area contributed by atoms with Gasteiger partial charge in [0.15, 0.2) is 5.82 Å². The van der Waals surface area contributed by atoms with Crippen LogP contribution in [-0.4, -0.2) is 77.7 Å². The molecule has 0 aliphatic carbocycles. The van der Waals surface area contributed by atoms with Crippen LogP contribution in [0.15, 0.2) is 6.07 Å². The third kappa shape index (κ3) is 5.42. The van der Waals surface area contributed by atoms with E-state index in [1.54, 1.807) is 6.92 Å². The molecule has 6 heterocycles. The molecule has 4 aliphatic rings. The van der Waals surface area contributed by atoms with Gasteiger partial charge in [-0.25, -0.2) is 18.2 Å². The zero-order valence-corrected chi connectivity index (χ0v) is 27.8. The van der Waals surface area contributed by atoms with E-state index < -0.39 is 46.6 Å². The molecule has 0 amide bonds. The van der Waals surface area contributed by atoms with Gasteiger partial charge in [-0.2, -0.15) is 23.1 Å². The molecule has 15 heteroatoms. The van der Waals surface area contributed by atoms with Gasteiger partial charge in [-0.15, -0.1) is 0 Å². The molecule has 8 nitrogen and oxygen atoms in total. The second kappa shape index (κ2) is 11.8. The summed E-state index contributed by atoms with van der Waals surface area (Å²) < 4.78 is 95.1. The quantitative estimate of drug-likeness (QED) is 0.281. The van der Waals surface area contributed by atoms with E-state index in [2.05, 4.69) is 20.2 Å². The Bertz CT molecular complexity index is 1780. The lowest BCUT2D eigenvalue weighted by atomic mass is 9.73. The van der Waals surface area contributed by atoms with Crippen LogP contribution in [0.4, 0.5) is 38.0 Å². The summed E-state index contributed by atoms with van der Waals surface area (Å²) in [5.74, 6) is -2.25. The number of hydrogen-bond acceptors (Lipinski definition) is 8. The van der Waals surface area contributed by atoms with Crippen molar-refractivity contribution in [3.05, 3.63) is 33.6 Å². The molecule has 3 N–H and O–H groups in total. The van der Waals surface area contributed by atoms with Crippen molar-refractivity contribution in [1.29, 1.82) is 0 Å². The number of nitrogen functional groups attached to an aromatic ring is 1. The maximum Gasteiger partial charge on any atom is 0.418 e. The maximum atomic E-state index is 17.1. The molecule has 2 bridgehead atoms. The molecule has 48 heavy (non-hydrogen) atoms. The number of nitrogens with one attached hydrogen (secondary N) is 1. The van der Waals surface area contributed by atoms with Crippen molar-refractivity contribution in [2.75, 3.05) is 43.9 Å². The first-order chi connectivity index (χ1) is 22.6. The highest BCUT2D eigenvalue weighted by Gasteiger charge is 2.47. The fourth-order valence-electron chi connectivity index (χ4n) is 8.71. The third-order valence-corrected chi connectivity index (χ3v) is 11.3. The van der Waals surface area contributed by atoms with E-state index in [4.69, 9.17) is 27.1 Å². The first-order valence-electron chi connectivity index (χ1n) is 16.3. The second-order valence-electron chi connectivity index (χ2n) is 14.4. The van der Waals surface area contributed by atoms with Gasteiger partial charge in [-0.3, -0.25) is 0 Å². The fraction of sp³-hybridized carbons (Fsp3) is 0.606. The first kappa shape index (κ1) is 33.4. The highest BCUT2D eigenvalue weighted by Crippen LogP contribution is 2.52. The molecular formula is C33H38ClF6N7O. The largest absolute Gasteiger partial charge is 0.463 e. The highest BCUT2D eigenvalue weighted by molar-refractivity contribution is 6.35. The number of aryl methyl sites for hydroxylation is 1. The van der Waals surface area contributed by atoms with Crippen LogP contribution in [0, 0.1) is 24.1 Å². The Labute approximate surface area is 279 Å². The summed E-state index contributed by atoms with van der Waals surface area (Å²) >= 11 is 7.00. The smallest absolute Gasteiger partial charge is 0.418 e. The van der Waals surface area contributed by atoms with Crippen LogP contribution in [0.2, 0.25) is 5.02 Å². The summed E-state index contributed by atoms with van der Waals surface area (Å²) in [6, 6.07) is 1.03. The van der Waals surface area contributed by atoms with Gasteiger partial charge in [0.2, 0.25) is 6.43 Å². The van der Waals surface area contributed by atoms with E-state index in [1.807, 2.05) is 18.9 Å². The minimum Gasteiger partial charge on any atom is -0.463 e. The average molecular weight is 698 g/mol. The minimum absolute atomic E-state index is 0.0779. The SMILES string of the molecule is Cc1cc(N)nc(-c2c(Cl)c3c4c(nc(OCC5(C)CN(C)CCC5C(F)F)nc4c2F)N2C[C@H]4CC[C@H](N4)[C@H]2CC3C)c1C(F)(F)F. The molecule has 0 spiro atoms. The number of hydrogen-bond donors (Lipinski definition) is 2. The maximum absolute atomic E-state index is 17.1. The molecule has 3 unspecified atom stereocenters. The molecule has 7 rings (SSSR count). The Kier molecular flexibility index (Phi) is 8.18. The number of piperazine rings is 1. The van der Waals surface area contributed by atoms with Crippen LogP contribution in [0.25, 0.3) is 22.2 Å². The predicted octanol–water partition coefficient (Wildman–Crippen LogP) is 6.81. The summed E-state index contributed by atoms with van der Waals surface area (Å²) in [5.41, 5.74) is 2.44. The summed E-state index contributed by atoms with van der Waals surface area (Å²) in [6.07, 6.45) is -4.77. The topological polar surface area (TPSA) is 92.4 Å². The van der Waals surface area contributed by atoms with Crippen LogP contribution in [0.3, 0.4) is 0 Å². The average Bonchev–Trinajstić information content (AvgIpc) is 3.32. The lowest BCUT2D eigenvalue weighted by Gasteiger charge is -2.44. The number of nitrogens with zero attached hydrogens (tertiary/aromatic N) is 5. The summed E-state index contributed by atoms with van der Waals surface area (Å²) in [4.78, 5) is 17.3. The Morgan fingerprint density at radius 1 is 1.19 bits per heavy atom.